The maximum absolute atomic E-state index is 12.7. The molecule has 1 fully saturated rings. The van der Waals surface area contributed by atoms with Crippen molar-refractivity contribution in [3.63, 3.8) is 0 Å². The lowest BCUT2D eigenvalue weighted by atomic mass is 10.2. The van der Waals surface area contributed by atoms with Crippen molar-refractivity contribution in [1.29, 1.82) is 0 Å². The summed E-state index contributed by atoms with van der Waals surface area (Å²) in [4.78, 5) is 0.328. The van der Waals surface area contributed by atoms with Crippen LogP contribution in [-0.4, -0.2) is 41.3 Å². The zero-order valence-corrected chi connectivity index (χ0v) is 15.0. The molecule has 0 unspecified atom stereocenters. The Morgan fingerprint density at radius 3 is 2.67 bits per heavy atom. The third-order valence-electron chi connectivity index (χ3n) is 3.23. The third-order valence-corrected chi connectivity index (χ3v) is 6.91. The van der Waals surface area contributed by atoms with Crippen molar-refractivity contribution in [2.75, 3.05) is 18.8 Å². The molecule has 0 aromatic heterocycles. The van der Waals surface area contributed by atoms with Crippen LogP contribution in [-0.2, 0) is 10.0 Å². The average Bonchev–Trinajstić information content (AvgIpc) is 2.36. The number of nitrogens with two attached hydrogens (primary N) is 1. The minimum atomic E-state index is -3.55. The lowest BCUT2D eigenvalue weighted by Crippen LogP contribution is -2.46. The molecule has 0 spiro atoms. The molecule has 1 heterocycles. The summed E-state index contributed by atoms with van der Waals surface area (Å²) in [6, 6.07) is 4.48. The van der Waals surface area contributed by atoms with E-state index in [-0.39, 0.29) is 19.7 Å². The second kappa shape index (κ2) is 6.04. The summed E-state index contributed by atoms with van der Waals surface area (Å²) in [6.45, 7) is 5.07. The Labute approximate surface area is 140 Å². The van der Waals surface area contributed by atoms with E-state index < -0.39 is 10.0 Å². The molecule has 1 saturated heterocycles. The first-order valence-electron chi connectivity index (χ1n) is 6.37. The summed E-state index contributed by atoms with van der Waals surface area (Å²) in [5.74, 6) is 0.783. The molecular weight excluding hydrogens is 348 g/mol. The molecule has 21 heavy (non-hydrogen) atoms. The molecule has 0 radical (unpaired) electrons. The Morgan fingerprint density at radius 1 is 1.48 bits per heavy atom. The molecule has 1 aliphatic rings. The lowest BCUT2D eigenvalue weighted by Gasteiger charge is -2.36. The predicted octanol–water partition coefficient (Wildman–Crippen LogP) is 2.49. The molecule has 0 amide bonds. The highest BCUT2D eigenvalue weighted by atomic mass is 35.5. The Morgan fingerprint density at radius 2 is 2.14 bits per heavy atom. The van der Waals surface area contributed by atoms with Gasteiger partial charge in [-0.15, -0.1) is 0 Å². The molecule has 0 bridgehead atoms. The molecule has 2 rings (SSSR count). The van der Waals surface area contributed by atoms with Crippen molar-refractivity contribution < 1.29 is 8.42 Å². The van der Waals surface area contributed by atoms with Gasteiger partial charge in [0.1, 0.15) is 4.99 Å². The lowest BCUT2D eigenvalue weighted by molar-refractivity contribution is 0.387. The van der Waals surface area contributed by atoms with Gasteiger partial charge in [0.15, 0.2) is 0 Å². The molecule has 0 aliphatic carbocycles. The topological polar surface area (TPSA) is 63.4 Å². The molecule has 0 atom stereocenters. The fourth-order valence-electron chi connectivity index (χ4n) is 2.18. The molecule has 1 aromatic rings. The SMILES string of the molecule is CC1(C)CN(S(=O)(=O)c2ccc(C(N)=S)c(Cl)c2)CCS1. The van der Waals surface area contributed by atoms with Crippen LogP contribution in [0.4, 0.5) is 0 Å². The number of thioether (sulfide) groups is 1. The highest BCUT2D eigenvalue weighted by Gasteiger charge is 2.34. The van der Waals surface area contributed by atoms with E-state index in [0.29, 0.717) is 18.7 Å². The largest absolute Gasteiger partial charge is 0.389 e. The minimum Gasteiger partial charge on any atom is -0.389 e. The van der Waals surface area contributed by atoms with E-state index in [0.717, 1.165) is 5.75 Å². The number of halogens is 1. The molecule has 4 nitrogen and oxygen atoms in total. The second-order valence-corrected chi connectivity index (χ2v) is 10.0. The van der Waals surface area contributed by atoms with Gasteiger partial charge in [0.05, 0.1) is 9.92 Å². The van der Waals surface area contributed by atoms with Crippen LogP contribution < -0.4 is 5.73 Å². The highest BCUT2D eigenvalue weighted by Crippen LogP contribution is 2.33. The summed E-state index contributed by atoms with van der Waals surface area (Å²) < 4.78 is 26.8. The van der Waals surface area contributed by atoms with Crippen molar-refractivity contribution in [3.05, 3.63) is 28.8 Å². The number of thiocarbonyl (C=S) groups is 1. The number of nitrogens with zero attached hydrogens (tertiary/aromatic N) is 1. The van der Waals surface area contributed by atoms with Crippen LogP contribution in [0.5, 0.6) is 0 Å². The summed E-state index contributed by atoms with van der Waals surface area (Å²) in [6.07, 6.45) is 0. The number of sulfonamides is 1. The maximum Gasteiger partial charge on any atom is 0.243 e. The zero-order valence-electron chi connectivity index (χ0n) is 11.8. The van der Waals surface area contributed by atoms with E-state index in [1.807, 2.05) is 13.8 Å². The van der Waals surface area contributed by atoms with Gasteiger partial charge in [-0.05, 0) is 32.0 Å². The van der Waals surface area contributed by atoms with E-state index in [4.69, 9.17) is 29.6 Å². The number of rotatable bonds is 3. The maximum atomic E-state index is 12.7. The van der Waals surface area contributed by atoms with Crippen molar-refractivity contribution in [2.24, 2.45) is 5.73 Å². The molecule has 8 heteroatoms. The van der Waals surface area contributed by atoms with Gasteiger partial charge in [0.25, 0.3) is 0 Å². The van der Waals surface area contributed by atoms with Crippen molar-refractivity contribution in [2.45, 2.75) is 23.5 Å². The van der Waals surface area contributed by atoms with Crippen LogP contribution in [0.1, 0.15) is 19.4 Å². The summed E-state index contributed by atoms with van der Waals surface area (Å²) in [7, 11) is -3.55. The molecule has 0 saturated carbocycles. The van der Waals surface area contributed by atoms with Gasteiger partial charge < -0.3 is 5.73 Å². The van der Waals surface area contributed by atoms with Gasteiger partial charge in [-0.3, -0.25) is 0 Å². The fraction of sp³-hybridized carbons (Fsp3) is 0.462. The normalized spacial score (nSPS) is 19.4. The van der Waals surface area contributed by atoms with Gasteiger partial charge in [0.2, 0.25) is 10.0 Å². The van der Waals surface area contributed by atoms with E-state index in [1.54, 1.807) is 17.8 Å². The fourth-order valence-corrected chi connectivity index (χ4v) is 5.70. The van der Waals surface area contributed by atoms with Gasteiger partial charge in [-0.1, -0.05) is 23.8 Å². The molecule has 1 aromatic carbocycles. The Kier molecular flexibility index (Phi) is 4.90. The van der Waals surface area contributed by atoms with E-state index in [9.17, 15) is 8.42 Å². The number of hydrogen-bond acceptors (Lipinski definition) is 4. The van der Waals surface area contributed by atoms with E-state index >= 15 is 0 Å². The van der Waals surface area contributed by atoms with E-state index in [2.05, 4.69) is 0 Å². The van der Waals surface area contributed by atoms with Gasteiger partial charge >= 0.3 is 0 Å². The predicted molar refractivity (Wildman–Crippen MR) is 92.6 cm³/mol. The smallest absolute Gasteiger partial charge is 0.243 e. The summed E-state index contributed by atoms with van der Waals surface area (Å²) in [5.41, 5.74) is 6.02. The highest BCUT2D eigenvalue weighted by molar-refractivity contribution is 8.00. The molecule has 1 aliphatic heterocycles. The van der Waals surface area contributed by atoms with Gasteiger partial charge in [0, 0.05) is 29.2 Å². The van der Waals surface area contributed by atoms with Crippen LogP contribution in [0.2, 0.25) is 5.02 Å². The minimum absolute atomic E-state index is 0.0894. The van der Waals surface area contributed by atoms with Crippen LogP contribution in [0, 0.1) is 0 Å². The molecule has 116 valence electrons. The standard InChI is InChI=1S/C13H17ClN2O2S3/c1-13(2)8-16(5-6-20-13)21(17,18)9-3-4-10(12(15)19)11(14)7-9/h3-4,7H,5-6,8H2,1-2H3,(H2,15,19). The van der Waals surface area contributed by atoms with Crippen LogP contribution in [0.25, 0.3) is 0 Å². The van der Waals surface area contributed by atoms with Crippen LogP contribution >= 0.6 is 35.6 Å². The summed E-state index contributed by atoms with van der Waals surface area (Å²) >= 11 is 12.7. The van der Waals surface area contributed by atoms with Gasteiger partial charge in [-0.25, -0.2) is 8.42 Å². The molecular formula is C13H17ClN2O2S3. The van der Waals surface area contributed by atoms with E-state index in [1.165, 1.54) is 16.4 Å². The second-order valence-electron chi connectivity index (χ2n) is 5.45. The van der Waals surface area contributed by atoms with Crippen molar-refractivity contribution >= 4 is 50.6 Å². The molecule has 2 N–H and O–H groups in total. The first-order chi connectivity index (χ1) is 9.63. The average molecular weight is 365 g/mol. The van der Waals surface area contributed by atoms with Gasteiger partial charge in [-0.2, -0.15) is 16.1 Å². The Balaban J connectivity index is 2.36. The first kappa shape index (κ1) is 17.0. The monoisotopic (exact) mass is 364 g/mol. The summed E-state index contributed by atoms with van der Waals surface area (Å²) in [5, 5.41) is 0.259. The zero-order chi connectivity index (χ0) is 15.8. The third kappa shape index (κ3) is 3.71. The van der Waals surface area contributed by atoms with Crippen LogP contribution in [0.3, 0.4) is 0 Å². The quantitative estimate of drug-likeness (QED) is 0.835. The Hall–Kier alpha value is -0.340. The Bertz CT molecular complexity index is 674. The first-order valence-corrected chi connectivity index (χ1v) is 9.58. The van der Waals surface area contributed by atoms with Crippen molar-refractivity contribution in [3.8, 4) is 0 Å². The number of benzene rings is 1. The number of hydrogen-bond donors (Lipinski definition) is 1. The van der Waals surface area contributed by atoms with Crippen molar-refractivity contribution in [1.82, 2.24) is 4.31 Å². The van der Waals surface area contributed by atoms with Crippen LogP contribution in [0.15, 0.2) is 23.1 Å².